The Kier molecular flexibility index (Phi) is 4.65. The number of ketones is 2. The number of hydrogen-bond acceptors (Lipinski definition) is 10. The average Bonchev–Trinajstić information content (AvgIpc) is 3.30. The van der Waals surface area contributed by atoms with E-state index in [0.717, 1.165) is 0 Å². The first-order valence-corrected chi connectivity index (χ1v) is 9.36. The lowest BCUT2D eigenvalue weighted by atomic mass is 9.82. The molecule has 6 N–H and O–H groups in total. The number of allylic oxidation sites excluding steroid dienone is 2. The van der Waals surface area contributed by atoms with E-state index in [4.69, 9.17) is 20.3 Å². The molecule has 5 atom stereocenters. The maximum Gasteiger partial charge on any atom is 0.404 e. The van der Waals surface area contributed by atoms with Gasteiger partial charge in [0.05, 0.1) is 36.1 Å². The molecule has 4 aliphatic rings. The van der Waals surface area contributed by atoms with Gasteiger partial charge in [-0.15, -0.1) is 0 Å². The lowest BCUT2D eigenvalue weighted by Gasteiger charge is -2.39. The van der Waals surface area contributed by atoms with Crippen LogP contribution in [0.4, 0.5) is 4.79 Å². The first-order valence-electron chi connectivity index (χ1n) is 9.36. The number of primary amides is 1. The summed E-state index contributed by atoms with van der Waals surface area (Å²) in [6.07, 6.45) is -2.07. The first-order chi connectivity index (χ1) is 13.8. The molecule has 1 aliphatic carbocycles. The molecule has 0 bridgehead atoms. The zero-order valence-corrected chi connectivity index (χ0v) is 16.1. The number of fused-ring (bicyclic) bond motifs is 4. The van der Waals surface area contributed by atoms with Crippen molar-refractivity contribution in [1.82, 2.24) is 15.5 Å². The fourth-order valence-electron chi connectivity index (χ4n) is 4.79. The van der Waals surface area contributed by atoms with E-state index in [0.29, 0.717) is 6.54 Å². The smallest absolute Gasteiger partial charge is 0.404 e. The second-order valence-electron chi connectivity index (χ2n) is 7.64. The van der Waals surface area contributed by atoms with Crippen molar-refractivity contribution in [3.05, 3.63) is 22.5 Å². The number of aliphatic hydroxyl groups excluding tert-OH is 2. The van der Waals surface area contributed by atoms with Crippen LogP contribution >= 0.6 is 0 Å². The molecular formula is C18H24N4O7. The quantitative estimate of drug-likeness (QED) is 0.221. The van der Waals surface area contributed by atoms with Crippen LogP contribution in [0.2, 0.25) is 0 Å². The van der Waals surface area contributed by atoms with E-state index < -0.39 is 36.2 Å². The summed E-state index contributed by atoms with van der Waals surface area (Å²) < 4.78 is 10.9. The predicted molar refractivity (Wildman–Crippen MR) is 97.0 cm³/mol. The normalized spacial score (nSPS) is 33.5. The number of amides is 1. The number of Topliss-reactive ketones (excluding diaryl/α,β-unsaturated/α-hetero) is 2. The van der Waals surface area contributed by atoms with Crippen molar-refractivity contribution >= 4 is 17.7 Å². The zero-order valence-electron chi connectivity index (χ0n) is 16.1. The minimum absolute atomic E-state index is 0.0538. The number of carbonyl (C=O) groups is 3. The number of rotatable bonds is 7. The van der Waals surface area contributed by atoms with Gasteiger partial charge in [0.25, 0.3) is 0 Å². The van der Waals surface area contributed by atoms with Crippen LogP contribution in [0.15, 0.2) is 22.5 Å². The van der Waals surface area contributed by atoms with E-state index in [2.05, 4.69) is 10.6 Å². The first kappa shape index (κ1) is 19.8. The fourth-order valence-corrected chi connectivity index (χ4v) is 4.79. The topological polar surface area (TPSA) is 173 Å². The molecular weight excluding hydrogens is 384 g/mol. The Morgan fingerprint density at radius 1 is 1.45 bits per heavy atom. The number of ether oxygens (including phenoxy) is 2. The third-order valence-corrected chi connectivity index (χ3v) is 6.15. The molecule has 3 heterocycles. The van der Waals surface area contributed by atoms with Crippen molar-refractivity contribution in [2.24, 2.45) is 11.7 Å². The van der Waals surface area contributed by atoms with Crippen LogP contribution in [0.1, 0.15) is 6.92 Å². The second-order valence-corrected chi connectivity index (χ2v) is 7.64. The summed E-state index contributed by atoms with van der Waals surface area (Å²) in [5.74, 6) is -1.47. The standard InChI is InChI=1S/C18H24N4O7/c1-7-12(20-3-8(24)5-23)15(26)11-9(6-29-17(19)27)18(28-2)16-10(21-16)4-22(18)13(11)14(7)25/h8-10,16,20-21,23-24H,3-6H2,1-2H3,(H2,19,27)/t8?,9?,10?,16?,18-/m1/s1. The summed E-state index contributed by atoms with van der Waals surface area (Å²) in [4.78, 5) is 39.6. The van der Waals surface area contributed by atoms with E-state index in [9.17, 15) is 19.5 Å². The lowest BCUT2D eigenvalue weighted by Crippen LogP contribution is -2.55. The van der Waals surface area contributed by atoms with E-state index in [-0.39, 0.29) is 53.6 Å². The van der Waals surface area contributed by atoms with Crippen molar-refractivity contribution in [2.45, 2.75) is 30.8 Å². The summed E-state index contributed by atoms with van der Waals surface area (Å²) in [5.41, 5.74) is 4.84. The Labute approximate surface area is 166 Å². The third kappa shape index (κ3) is 2.69. The largest absolute Gasteiger partial charge is 0.449 e. The summed E-state index contributed by atoms with van der Waals surface area (Å²) in [6, 6.07) is -0.000378. The Bertz CT molecular complexity index is 853. The van der Waals surface area contributed by atoms with Gasteiger partial charge in [-0.2, -0.15) is 0 Å². The molecule has 0 saturated carbocycles. The Morgan fingerprint density at radius 3 is 2.79 bits per heavy atom. The van der Waals surface area contributed by atoms with Crippen molar-refractivity contribution in [3.63, 3.8) is 0 Å². The number of aliphatic hydroxyl groups is 2. The lowest BCUT2D eigenvalue weighted by molar-refractivity contribution is -0.137. The van der Waals surface area contributed by atoms with Crippen LogP contribution in [0, 0.1) is 5.92 Å². The van der Waals surface area contributed by atoms with Gasteiger partial charge in [0.2, 0.25) is 11.6 Å². The van der Waals surface area contributed by atoms with Gasteiger partial charge in [-0.25, -0.2) is 4.79 Å². The monoisotopic (exact) mass is 408 g/mol. The molecule has 0 spiro atoms. The minimum atomic E-state index is -1.09. The zero-order chi connectivity index (χ0) is 21.1. The highest BCUT2D eigenvalue weighted by atomic mass is 16.6. The van der Waals surface area contributed by atoms with Crippen molar-refractivity contribution in [2.75, 3.05) is 33.4 Å². The van der Waals surface area contributed by atoms with Gasteiger partial charge >= 0.3 is 6.09 Å². The van der Waals surface area contributed by atoms with Gasteiger partial charge in [-0.1, -0.05) is 0 Å². The molecule has 4 unspecified atom stereocenters. The molecule has 11 heteroatoms. The molecule has 0 aromatic heterocycles. The SMILES string of the molecule is CO[C@@]12C(COC(N)=O)C3=C(C(=O)C(C)=C(NCC(O)CO)C3=O)N1CC1NC12. The van der Waals surface area contributed by atoms with Gasteiger partial charge in [0, 0.05) is 37.4 Å². The molecule has 0 aromatic rings. The highest BCUT2D eigenvalue weighted by Crippen LogP contribution is 2.55. The van der Waals surface area contributed by atoms with Crippen LogP contribution < -0.4 is 16.4 Å². The predicted octanol–water partition coefficient (Wildman–Crippen LogP) is -2.67. The van der Waals surface area contributed by atoms with Crippen LogP contribution in [0.3, 0.4) is 0 Å². The van der Waals surface area contributed by atoms with Crippen LogP contribution in [0.5, 0.6) is 0 Å². The Morgan fingerprint density at radius 2 is 2.17 bits per heavy atom. The minimum Gasteiger partial charge on any atom is -0.449 e. The van der Waals surface area contributed by atoms with Crippen molar-refractivity contribution < 1.29 is 34.1 Å². The molecule has 4 rings (SSSR count). The van der Waals surface area contributed by atoms with E-state index in [1.165, 1.54) is 14.0 Å². The van der Waals surface area contributed by atoms with Gasteiger partial charge < -0.3 is 41.0 Å². The third-order valence-electron chi connectivity index (χ3n) is 6.15. The maximum atomic E-state index is 13.4. The highest BCUT2D eigenvalue weighted by molar-refractivity contribution is 6.25. The van der Waals surface area contributed by atoms with Crippen LogP contribution in [0.25, 0.3) is 0 Å². The van der Waals surface area contributed by atoms with Crippen LogP contribution in [-0.4, -0.2) is 90.1 Å². The Balaban J connectivity index is 1.73. The van der Waals surface area contributed by atoms with Gasteiger partial charge in [-0.05, 0) is 6.92 Å². The summed E-state index contributed by atoms with van der Waals surface area (Å²) in [6.45, 7) is 1.23. The molecule has 2 fully saturated rings. The van der Waals surface area contributed by atoms with Gasteiger partial charge in [0.15, 0.2) is 5.72 Å². The molecule has 0 radical (unpaired) electrons. The number of nitrogens with two attached hydrogens (primary N) is 1. The molecule has 3 aliphatic heterocycles. The van der Waals surface area contributed by atoms with Crippen molar-refractivity contribution in [3.8, 4) is 0 Å². The molecule has 2 saturated heterocycles. The summed E-state index contributed by atoms with van der Waals surface area (Å²) in [7, 11) is 1.50. The summed E-state index contributed by atoms with van der Waals surface area (Å²) >= 11 is 0. The Hall–Kier alpha value is -2.47. The van der Waals surface area contributed by atoms with Gasteiger partial charge in [-0.3, -0.25) is 9.59 Å². The average molecular weight is 408 g/mol. The molecule has 158 valence electrons. The molecule has 29 heavy (non-hydrogen) atoms. The number of methoxy groups -OCH3 is 1. The van der Waals surface area contributed by atoms with E-state index in [1.54, 1.807) is 4.90 Å². The molecule has 11 nitrogen and oxygen atoms in total. The second kappa shape index (κ2) is 6.80. The fraction of sp³-hybridized carbons (Fsp3) is 0.611. The van der Waals surface area contributed by atoms with E-state index in [1.807, 2.05) is 0 Å². The molecule has 0 aromatic carbocycles. The number of piperazine rings is 1. The summed E-state index contributed by atoms with van der Waals surface area (Å²) in [5, 5.41) is 24.7. The van der Waals surface area contributed by atoms with Gasteiger partial charge in [0.1, 0.15) is 6.61 Å². The highest BCUT2D eigenvalue weighted by Gasteiger charge is 2.72. The van der Waals surface area contributed by atoms with E-state index >= 15 is 0 Å². The van der Waals surface area contributed by atoms with Crippen LogP contribution in [-0.2, 0) is 19.1 Å². The number of nitrogens with zero attached hydrogens (tertiary/aromatic N) is 1. The number of nitrogens with one attached hydrogen (secondary N) is 2. The number of carbonyl (C=O) groups excluding carboxylic acids is 3. The number of hydrogen-bond donors (Lipinski definition) is 5. The molecule has 1 amide bonds. The van der Waals surface area contributed by atoms with Crippen molar-refractivity contribution in [1.29, 1.82) is 0 Å². The maximum absolute atomic E-state index is 13.4.